The highest BCUT2D eigenvalue weighted by Crippen LogP contribution is 2.45. The van der Waals surface area contributed by atoms with E-state index in [-0.39, 0.29) is 5.60 Å². The van der Waals surface area contributed by atoms with Gasteiger partial charge in [0.05, 0.1) is 6.10 Å². The molecule has 0 fully saturated rings. The Balaban J connectivity index is 2.34. The topological polar surface area (TPSA) is 29.5 Å². The number of fused-ring (bicyclic) bond motifs is 1. The molecule has 0 saturated carbocycles. The van der Waals surface area contributed by atoms with Crippen LogP contribution in [0, 0.1) is 11.8 Å². The maximum absolute atomic E-state index is 10.5. The van der Waals surface area contributed by atoms with E-state index >= 15 is 0 Å². The van der Waals surface area contributed by atoms with Crippen molar-refractivity contribution in [3.05, 3.63) is 28.8 Å². The van der Waals surface area contributed by atoms with E-state index in [0.29, 0.717) is 23.3 Å². The van der Waals surface area contributed by atoms with Crippen molar-refractivity contribution >= 4 is 11.6 Å². The van der Waals surface area contributed by atoms with Gasteiger partial charge in [0.15, 0.2) is 0 Å². The molecule has 1 aliphatic heterocycles. The van der Waals surface area contributed by atoms with Gasteiger partial charge in [-0.15, -0.1) is 0 Å². The van der Waals surface area contributed by atoms with Crippen molar-refractivity contribution in [1.82, 2.24) is 0 Å². The molecular formula is C17H25ClO2. The Kier molecular flexibility index (Phi) is 4.66. The fourth-order valence-electron chi connectivity index (χ4n) is 3.43. The Labute approximate surface area is 127 Å². The number of halogens is 1. The largest absolute Gasteiger partial charge is 0.487 e. The number of rotatable bonds is 4. The summed E-state index contributed by atoms with van der Waals surface area (Å²) >= 11 is 6.02. The van der Waals surface area contributed by atoms with Crippen molar-refractivity contribution in [2.24, 2.45) is 11.8 Å². The van der Waals surface area contributed by atoms with Gasteiger partial charge < -0.3 is 9.84 Å². The van der Waals surface area contributed by atoms with Crippen LogP contribution >= 0.6 is 11.6 Å². The minimum absolute atomic E-state index is 0.261. The molecule has 2 rings (SSSR count). The summed E-state index contributed by atoms with van der Waals surface area (Å²) in [6.07, 6.45) is 2.08. The van der Waals surface area contributed by atoms with Gasteiger partial charge in [-0.25, -0.2) is 0 Å². The zero-order valence-electron chi connectivity index (χ0n) is 12.8. The van der Waals surface area contributed by atoms with Crippen molar-refractivity contribution in [2.45, 2.75) is 58.7 Å². The molecular weight excluding hydrogens is 272 g/mol. The second-order valence-corrected chi connectivity index (χ2v) is 7.32. The van der Waals surface area contributed by atoms with Crippen molar-refractivity contribution in [2.75, 3.05) is 0 Å². The number of hydrogen-bond acceptors (Lipinski definition) is 2. The van der Waals surface area contributed by atoms with Crippen LogP contribution in [0.15, 0.2) is 18.2 Å². The highest BCUT2D eigenvalue weighted by Gasteiger charge is 2.41. The summed E-state index contributed by atoms with van der Waals surface area (Å²) in [7, 11) is 0. The van der Waals surface area contributed by atoms with Gasteiger partial charge in [-0.3, -0.25) is 0 Å². The Morgan fingerprint density at radius 2 is 1.85 bits per heavy atom. The zero-order chi connectivity index (χ0) is 14.9. The average Bonchev–Trinajstić information content (AvgIpc) is 2.28. The third-order valence-corrected chi connectivity index (χ3v) is 4.02. The van der Waals surface area contributed by atoms with Crippen LogP contribution in [0.1, 0.15) is 58.6 Å². The molecule has 1 heterocycles. The monoisotopic (exact) mass is 296 g/mol. The minimum atomic E-state index is -0.491. The first kappa shape index (κ1) is 15.7. The van der Waals surface area contributed by atoms with Crippen molar-refractivity contribution in [1.29, 1.82) is 0 Å². The molecule has 0 bridgehead atoms. The van der Waals surface area contributed by atoms with Gasteiger partial charge in [-0.1, -0.05) is 39.3 Å². The van der Waals surface area contributed by atoms with Crippen LogP contribution in [0.5, 0.6) is 5.75 Å². The molecule has 0 unspecified atom stereocenters. The van der Waals surface area contributed by atoms with E-state index in [1.807, 2.05) is 18.2 Å². The molecule has 20 heavy (non-hydrogen) atoms. The van der Waals surface area contributed by atoms with E-state index in [2.05, 4.69) is 27.7 Å². The second-order valence-electron chi connectivity index (χ2n) is 6.88. The van der Waals surface area contributed by atoms with Gasteiger partial charge in [0.25, 0.3) is 0 Å². The van der Waals surface area contributed by atoms with Crippen molar-refractivity contribution in [3.8, 4) is 5.75 Å². The summed E-state index contributed by atoms with van der Waals surface area (Å²) in [5.41, 5.74) is 0.559. The predicted octanol–water partition coefficient (Wildman–Crippen LogP) is 4.99. The van der Waals surface area contributed by atoms with Crippen LogP contribution in [0.2, 0.25) is 5.02 Å². The molecule has 0 saturated heterocycles. The van der Waals surface area contributed by atoms with Gasteiger partial charge in [-0.05, 0) is 42.9 Å². The maximum atomic E-state index is 10.5. The van der Waals surface area contributed by atoms with Gasteiger partial charge in [-0.2, -0.15) is 0 Å². The molecule has 1 aromatic rings. The first-order chi connectivity index (χ1) is 9.31. The molecule has 0 aliphatic carbocycles. The minimum Gasteiger partial charge on any atom is -0.487 e. The number of benzene rings is 1. The predicted molar refractivity (Wildman–Crippen MR) is 83.3 cm³/mol. The summed E-state index contributed by atoms with van der Waals surface area (Å²) < 4.78 is 6.35. The van der Waals surface area contributed by atoms with E-state index in [0.717, 1.165) is 24.2 Å². The molecule has 0 spiro atoms. The second kappa shape index (κ2) is 5.95. The summed E-state index contributed by atoms with van der Waals surface area (Å²) in [5, 5.41) is 11.2. The lowest BCUT2D eigenvalue weighted by Gasteiger charge is -2.43. The number of hydrogen-bond donors (Lipinski definition) is 1. The fraction of sp³-hybridized carbons (Fsp3) is 0.647. The molecule has 2 nitrogen and oxygen atoms in total. The highest BCUT2D eigenvalue weighted by molar-refractivity contribution is 6.30. The van der Waals surface area contributed by atoms with Crippen LogP contribution in [0.4, 0.5) is 0 Å². The van der Waals surface area contributed by atoms with Gasteiger partial charge in [0.1, 0.15) is 11.4 Å². The molecule has 1 aliphatic rings. The van der Waals surface area contributed by atoms with Crippen LogP contribution in [-0.2, 0) is 0 Å². The smallest absolute Gasteiger partial charge is 0.126 e. The normalized spacial score (nSPS) is 20.9. The summed E-state index contributed by atoms with van der Waals surface area (Å²) in [6.45, 7) is 8.81. The fourth-order valence-corrected chi connectivity index (χ4v) is 3.61. The lowest BCUT2D eigenvalue weighted by atomic mass is 9.78. The number of aliphatic hydroxyl groups excluding tert-OH is 1. The first-order valence-corrected chi connectivity index (χ1v) is 7.85. The van der Waals surface area contributed by atoms with Crippen LogP contribution in [0.25, 0.3) is 0 Å². The maximum Gasteiger partial charge on any atom is 0.126 e. The van der Waals surface area contributed by atoms with E-state index < -0.39 is 6.10 Å². The third-order valence-electron chi connectivity index (χ3n) is 3.78. The van der Waals surface area contributed by atoms with E-state index in [1.54, 1.807) is 0 Å². The molecule has 1 atom stereocenters. The molecule has 0 aromatic heterocycles. The first-order valence-electron chi connectivity index (χ1n) is 7.48. The molecule has 0 amide bonds. The number of ether oxygens (including phenoxy) is 1. The van der Waals surface area contributed by atoms with Gasteiger partial charge >= 0.3 is 0 Å². The quantitative estimate of drug-likeness (QED) is 0.848. The standard InChI is InChI=1S/C17H25ClO2/c1-11(2)8-17(9-12(3)4)10-15(19)14-7-13(18)5-6-16(14)20-17/h5-7,11-12,15,19H,8-10H2,1-4H3/t15-/m1/s1. The van der Waals surface area contributed by atoms with E-state index in [4.69, 9.17) is 16.3 Å². The Bertz CT molecular complexity index is 458. The van der Waals surface area contributed by atoms with Crippen molar-refractivity contribution < 1.29 is 9.84 Å². The zero-order valence-corrected chi connectivity index (χ0v) is 13.6. The van der Waals surface area contributed by atoms with Crippen LogP contribution < -0.4 is 4.74 Å². The molecule has 112 valence electrons. The lowest BCUT2D eigenvalue weighted by Crippen LogP contribution is -2.43. The third kappa shape index (κ3) is 3.48. The summed E-state index contributed by atoms with van der Waals surface area (Å²) in [5.74, 6) is 1.86. The molecule has 3 heteroatoms. The summed E-state index contributed by atoms with van der Waals surface area (Å²) in [6, 6.07) is 5.53. The Hall–Kier alpha value is -0.730. The lowest BCUT2D eigenvalue weighted by molar-refractivity contribution is -0.0406. The Morgan fingerprint density at radius 3 is 2.40 bits per heavy atom. The molecule has 1 aromatic carbocycles. The molecule has 0 radical (unpaired) electrons. The van der Waals surface area contributed by atoms with Gasteiger partial charge in [0, 0.05) is 17.0 Å². The van der Waals surface area contributed by atoms with Gasteiger partial charge in [0.2, 0.25) is 0 Å². The van der Waals surface area contributed by atoms with Crippen LogP contribution in [0.3, 0.4) is 0 Å². The Morgan fingerprint density at radius 1 is 1.25 bits per heavy atom. The van der Waals surface area contributed by atoms with E-state index in [9.17, 15) is 5.11 Å². The molecule has 1 N–H and O–H groups in total. The van der Waals surface area contributed by atoms with Crippen molar-refractivity contribution in [3.63, 3.8) is 0 Å². The SMILES string of the molecule is CC(C)CC1(CC(C)C)C[C@@H](O)c2cc(Cl)ccc2O1. The average molecular weight is 297 g/mol. The summed E-state index contributed by atoms with van der Waals surface area (Å²) in [4.78, 5) is 0. The van der Waals surface area contributed by atoms with E-state index in [1.165, 1.54) is 0 Å². The van der Waals surface area contributed by atoms with Crippen LogP contribution in [-0.4, -0.2) is 10.7 Å². The highest BCUT2D eigenvalue weighted by atomic mass is 35.5. The number of aliphatic hydroxyl groups is 1.